The fraction of sp³-hybridized carbons (Fsp3) is 0.250. The highest BCUT2D eigenvalue weighted by Crippen LogP contribution is 2.55. The molecule has 0 aromatic heterocycles. The molecule has 2 aromatic carbocycles. The van der Waals surface area contributed by atoms with Crippen LogP contribution in [0.1, 0.15) is 19.0 Å². The first-order valence-electron chi connectivity index (χ1n) is 7.32. The highest BCUT2D eigenvalue weighted by molar-refractivity contribution is 7.65. The lowest BCUT2D eigenvalue weighted by molar-refractivity contribution is -0.0928. The van der Waals surface area contributed by atoms with E-state index in [1.165, 1.54) is 5.30 Å². The van der Waals surface area contributed by atoms with Gasteiger partial charge in [0.25, 0.3) is 0 Å². The summed E-state index contributed by atoms with van der Waals surface area (Å²) in [5, 5.41) is 5.81. The first kappa shape index (κ1) is 10.6. The summed E-state index contributed by atoms with van der Waals surface area (Å²) < 4.78 is 21.2. The first-order chi connectivity index (χ1) is 10.3. The second-order valence-electron chi connectivity index (χ2n) is 4.52. The van der Waals surface area contributed by atoms with E-state index in [4.69, 9.17) is 7.54 Å². The van der Waals surface area contributed by atoms with E-state index in [-0.39, 0.29) is 5.66 Å². The third-order valence-electron chi connectivity index (χ3n) is 3.28. The summed E-state index contributed by atoms with van der Waals surface area (Å²) >= 11 is 0. The van der Waals surface area contributed by atoms with Crippen molar-refractivity contribution in [2.75, 3.05) is 6.35 Å². The van der Waals surface area contributed by atoms with Crippen molar-refractivity contribution < 1.29 is 11.2 Å². The summed E-state index contributed by atoms with van der Waals surface area (Å²) in [5.74, 6) is 0. The number of hydrogen-bond donors (Lipinski definition) is 1. The fourth-order valence-corrected chi connectivity index (χ4v) is 4.71. The van der Waals surface area contributed by atoms with Crippen LogP contribution in [0.4, 0.5) is 0 Å². The monoisotopic (exact) mass is 274 g/mol. The molecule has 0 bridgehead atoms. The number of ether oxygens (including phenoxy) is 1. The Morgan fingerprint density at radius 3 is 2.47 bits per heavy atom. The smallest absolute Gasteiger partial charge is 0.213 e. The van der Waals surface area contributed by atoms with Crippen LogP contribution in [0, 0.1) is 0 Å². The highest BCUT2D eigenvalue weighted by atomic mass is 31.1. The van der Waals surface area contributed by atoms with Crippen molar-refractivity contribution in [1.29, 1.82) is 1.43 Å². The number of hydrogen-bond acceptors (Lipinski definition) is 2. The molecule has 0 spiro atoms. The van der Waals surface area contributed by atoms with Crippen molar-refractivity contribution in [2.45, 2.75) is 18.3 Å². The lowest BCUT2D eigenvalue weighted by atomic mass is 10.1. The van der Waals surface area contributed by atoms with Crippen LogP contribution in [0.15, 0.2) is 60.7 Å². The van der Waals surface area contributed by atoms with Crippen LogP contribution in [0.25, 0.3) is 0 Å². The Kier molecular flexibility index (Phi) is 3.24. The molecule has 0 radical (unpaired) electrons. The predicted octanol–water partition coefficient (Wildman–Crippen LogP) is 3.23. The van der Waals surface area contributed by atoms with Crippen molar-refractivity contribution in [1.82, 2.24) is 0 Å². The maximum absolute atomic E-state index is 8.45. The highest BCUT2D eigenvalue weighted by Gasteiger charge is 2.31. The van der Waals surface area contributed by atoms with Gasteiger partial charge in [-0.3, -0.25) is 0 Å². The molecule has 1 saturated heterocycles. The Morgan fingerprint density at radius 1 is 1.11 bits per heavy atom. The fourth-order valence-electron chi connectivity index (χ4n) is 2.34. The first-order valence-corrected chi connectivity index (χ1v) is 7.93. The molecule has 3 rings (SSSR count). The normalized spacial score (nSPS) is 32.4. The van der Waals surface area contributed by atoms with Crippen LogP contribution in [-0.4, -0.2) is 19.2 Å². The lowest BCUT2D eigenvalue weighted by Gasteiger charge is -2.35. The van der Waals surface area contributed by atoms with Crippen molar-refractivity contribution in [3.05, 3.63) is 66.2 Å². The van der Waals surface area contributed by atoms with E-state index in [0.717, 1.165) is 5.56 Å². The van der Waals surface area contributed by atoms with Gasteiger partial charge in [0, 0.05) is 13.4 Å². The lowest BCUT2D eigenvalue weighted by Crippen LogP contribution is -2.26. The maximum atomic E-state index is 8.45. The standard InChI is InChI=1S/C16H17O2P/c17-16-11-15(13-7-3-1-4-8-13)19(12-18-16)14-9-5-2-6-10-14/h1-10,15-17H,11-12H2/t15-,16-,19-/m1/s1/i11D,17D/t11-,15+,16+,19+/m0. The van der Waals surface area contributed by atoms with Gasteiger partial charge in [0.15, 0.2) is 6.29 Å². The van der Waals surface area contributed by atoms with E-state index >= 15 is 0 Å². The molecule has 98 valence electrons. The van der Waals surface area contributed by atoms with Crippen molar-refractivity contribution >= 4 is 13.2 Å². The van der Waals surface area contributed by atoms with Crippen LogP contribution in [0.2, 0.25) is 0 Å². The van der Waals surface area contributed by atoms with Gasteiger partial charge in [0.05, 0.1) is 6.35 Å². The molecule has 0 unspecified atom stereocenters. The van der Waals surface area contributed by atoms with E-state index in [0.29, 0.717) is 6.35 Å². The third kappa shape index (κ3) is 2.87. The Morgan fingerprint density at radius 2 is 1.79 bits per heavy atom. The molecule has 1 heterocycles. The summed E-state index contributed by atoms with van der Waals surface area (Å²) in [4.78, 5) is 0. The van der Waals surface area contributed by atoms with E-state index in [9.17, 15) is 0 Å². The summed E-state index contributed by atoms with van der Waals surface area (Å²) in [6.45, 7) is 0. The molecule has 1 N–H and O–H groups in total. The Labute approximate surface area is 117 Å². The molecule has 0 aliphatic carbocycles. The third-order valence-corrected chi connectivity index (χ3v) is 5.81. The minimum Gasteiger partial charge on any atom is -0.368 e. The van der Waals surface area contributed by atoms with Crippen LogP contribution in [0.5, 0.6) is 0 Å². The molecule has 0 amide bonds. The Balaban J connectivity index is 1.98. The van der Waals surface area contributed by atoms with Gasteiger partial charge < -0.3 is 9.85 Å². The zero-order chi connectivity index (χ0) is 14.7. The summed E-state index contributed by atoms with van der Waals surface area (Å²) in [5.41, 5.74) is 1.14. The summed E-state index contributed by atoms with van der Waals surface area (Å²) in [6.07, 6.45) is -0.847. The van der Waals surface area contributed by atoms with Crippen molar-refractivity contribution in [2.24, 2.45) is 0 Å². The van der Waals surface area contributed by atoms with E-state index in [1.54, 1.807) is 0 Å². The summed E-state index contributed by atoms with van der Waals surface area (Å²) in [6, 6.07) is 20.3. The van der Waals surface area contributed by atoms with Crippen LogP contribution < -0.4 is 5.30 Å². The maximum Gasteiger partial charge on any atom is 0.213 e. The van der Waals surface area contributed by atoms with Gasteiger partial charge in [0.2, 0.25) is 1.43 Å². The molecule has 4 atom stereocenters. The largest absolute Gasteiger partial charge is 0.368 e. The number of benzene rings is 2. The van der Waals surface area contributed by atoms with Gasteiger partial charge in [0.1, 0.15) is 0 Å². The van der Waals surface area contributed by atoms with Gasteiger partial charge in [-0.25, -0.2) is 0 Å². The Bertz CT molecular complexity index is 567. The van der Waals surface area contributed by atoms with Crippen molar-refractivity contribution in [3.63, 3.8) is 0 Å². The van der Waals surface area contributed by atoms with Gasteiger partial charge in [-0.2, -0.15) is 0 Å². The predicted molar refractivity (Wildman–Crippen MR) is 78.8 cm³/mol. The zero-order valence-corrected chi connectivity index (χ0v) is 11.4. The van der Waals surface area contributed by atoms with Gasteiger partial charge in [-0.1, -0.05) is 60.7 Å². The number of aliphatic hydroxyl groups excluding tert-OH is 1. The number of aliphatic hydroxyl groups is 1. The van der Waals surface area contributed by atoms with Crippen LogP contribution >= 0.6 is 7.92 Å². The van der Waals surface area contributed by atoms with E-state index < -0.39 is 20.6 Å². The average Bonchev–Trinajstić information content (AvgIpc) is 2.56. The van der Waals surface area contributed by atoms with Crippen LogP contribution in [-0.2, 0) is 4.74 Å². The quantitative estimate of drug-likeness (QED) is 0.871. The molecule has 2 aromatic rings. The molecule has 19 heavy (non-hydrogen) atoms. The molecule has 3 heteroatoms. The molecular weight excluding hydrogens is 255 g/mol. The SMILES string of the molecule is [2H]O[C@@H]1OC[P@](c2ccccc2)[C@@H](c2ccccc2)[C@@H]1[2H]. The van der Waals surface area contributed by atoms with Gasteiger partial charge in [-0.05, 0) is 18.8 Å². The summed E-state index contributed by atoms with van der Waals surface area (Å²) in [7, 11) is -0.651. The molecule has 0 saturated carbocycles. The van der Waals surface area contributed by atoms with Gasteiger partial charge >= 0.3 is 0 Å². The number of rotatable bonds is 3. The van der Waals surface area contributed by atoms with E-state index in [1.807, 2.05) is 36.4 Å². The van der Waals surface area contributed by atoms with Crippen molar-refractivity contribution in [3.8, 4) is 0 Å². The van der Waals surface area contributed by atoms with Gasteiger partial charge in [-0.15, -0.1) is 0 Å². The molecule has 2 nitrogen and oxygen atoms in total. The minimum atomic E-state index is -0.780. The average molecular weight is 274 g/mol. The molecule has 1 aliphatic heterocycles. The molecular formula is C16H17O2P. The van der Waals surface area contributed by atoms with E-state index in [2.05, 4.69) is 29.4 Å². The minimum absolute atomic E-state index is 0.0210. The Hall–Kier alpha value is -1.21. The zero-order valence-electron chi connectivity index (χ0n) is 12.5. The molecule has 1 fully saturated rings. The molecule has 1 aliphatic rings. The van der Waals surface area contributed by atoms with Crippen LogP contribution in [0.3, 0.4) is 0 Å². The topological polar surface area (TPSA) is 29.5 Å². The second-order valence-corrected chi connectivity index (χ2v) is 6.79. The second kappa shape index (κ2) is 5.83.